The van der Waals surface area contributed by atoms with Gasteiger partial charge in [-0.25, -0.2) is 4.98 Å². The number of piperidine rings is 1. The lowest BCUT2D eigenvalue weighted by atomic mass is 9.93. The van der Waals surface area contributed by atoms with Crippen LogP contribution in [0.2, 0.25) is 0 Å². The number of likely N-dealkylation sites (N-methyl/N-ethyl adjacent to an activating group) is 1. The van der Waals surface area contributed by atoms with Crippen LogP contribution >= 0.6 is 0 Å². The number of hydrogen-bond acceptors (Lipinski definition) is 5. The van der Waals surface area contributed by atoms with E-state index in [4.69, 9.17) is 4.98 Å². The number of pyridine rings is 2. The summed E-state index contributed by atoms with van der Waals surface area (Å²) in [5.41, 5.74) is 4.62. The molecule has 5 heterocycles. The lowest BCUT2D eigenvalue weighted by molar-refractivity contribution is 0.311. The third-order valence-corrected chi connectivity index (χ3v) is 6.44. The van der Waals surface area contributed by atoms with E-state index < -0.39 is 0 Å². The summed E-state index contributed by atoms with van der Waals surface area (Å²) in [5, 5.41) is 3.83. The lowest BCUT2D eigenvalue weighted by Crippen LogP contribution is -2.45. The molecule has 0 radical (unpaired) electrons. The minimum Gasteiger partial charge on any atom is -0.355 e. The zero-order valence-electron chi connectivity index (χ0n) is 17.4. The summed E-state index contributed by atoms with van der Waals surface area (Å²) in [6, 6.07) is 11.2. The van der Waals surface area contributed by atoms with Crippen LogP contribution in [-0.4, -0.2) is 52.5 Å². The molecule has 2 atom stereocenters. The van der Waals surface area contributed by atoms with E-state index in [1.54, 1.807) is 0 Å². The summed E-state index contributed by atoms with van der Waals surface area (Å²) in [5.74, 6) is 1.25. The lowest BCUT2D eigenvalue weighted by Gasteiger charge is -2.34. The van der Waals surface area contributed by atoms with Crippen molar-refractivity contribution in [1.29, 1.82) is 0 Å². The third-order valence-electron chi connectivity index (χ3n) is 6.44. The van der Waals surface area contributed by atoms with Crippen LogP contribution in [0.5, 0.6) is 0 Å². The first-order chi connectivity index (χ1) is 14.2. The minimum atomic E-state index is 0.274. The van der Waals surface area contributed by atoms with Crippen molar-refractivity contribution in [3.05, 3.63) is 59.7 Å². The average molecular weight is 391 g/mol. The van der Waals surface area contributed by atoms with E-state index in [1.807, 2.05) is 12.3 Å². The largest absolute Gasteiger partial charge is 0.355 e. The average Bonchev–Trinajstić information content (AvgIpc) is 3.19. The fourth-order valence-corrected chi connectivity index (χ4v) is 4.72. The zero-order chi connectivity index (χ0) is 19.8. The second-order valence-corrected chi connectivity index (χ2v) is 8.48. The van der Waals surface area contributed by atoms with E-state index in [-0.39, 0.29) is 6.04 Å². The van der Waals surface area contributed by atoms with Crippen LogP contribution in [0, 0.1) is 6.92 Å². The van der Waals surface area contributed by atoms with E-state index in [0.717, 1.165) is 50.4 Å². The highest BCUT2D eigenvalue weighted by molar-refractivity contribution is 5.53. The SMILES string of the molecule is Cc1cccnc1C1CCCC(c2cn3c(N4CCN(C)CC4)cccc3n2)N1. The van der Waals surface area contributed by atoms with Crippen LogP contribution in [0.25, 0.3) is 5.65 Å². The molecule has 2 aliphatic rings. The molecule has 1 N–H and O–H groups in total. The summed E-state index contributed by atoms with van der Waals surface area (Å²) in [7, 11) is 2.20. The fraction of sp³-hybridized carbons (Fsp3) is 0.478. The molecular weight excluding hydrogens is 360 g/mol. The topological polar surface area (TPSA) is 48.7 Å². The molecule has 6 heteroatoms. The Morgan fingerprint density at radius 1 is 1.00 bits per heavy atom. The van der Waals surface area contributed by atoms with Crippen molar-refractivity contribution in [2.75, 3.05) is 38.1 Å². The third kappa shape index (κ3) is 3.63. The minimum absolute atomic E-state index is 0.274. The molecule has 6 nitrogen and oxygen atoms in total. The maximum absolute atomic E-state index is 5.00. The molecule has 2 aliphatic heterocycles. The molecule has 2 unspecified atom stereocenters. The molecule has 0 bridgehead atoms. The van der Waals surface area contributed by atoms with E-state index in [0.29, 0.717) is 6.04 Å². The van der Waals surface area contributed by atoms with Crippen molar-refractivity contribution in [2.24, 2.45) is 0 Å². The molecule has 2 saturated heterocycles. The number of nitrogens with zero attached hydrogens (tertiary/aromatic N) is 5. The zero-order valence-corrected chi connectivity index (χ0v) is 17.4. The summed E-state index contributed by atoms with van der Waals surface area (Å²) in [4.78, 5) is 14.5. The molecule has 0 aromatic carbocycles. The van der Waals surface area contributed by atoms with Gasteiger partial charge in [-0.05, 0) is 57.0 Å². The highest BCUT2D eigenvalue weighted by Crippen LogP contribution is 2.33. The number of fused-ring (bicyclic) bond motifs is 1. The van der Waals surface area contributed by atoms with E-state index >= 15 is 0 Å². The van der Waals surface area contributed by atoms with Gasteiger partial charge in [0.1, 0.15) is 11.5 Å². The van der Waals surface area contributed by atoms with Crippen LogP contribution < -0.4 is 10.2 Å². The molecule has 2 fully saturated rings. The Morgan fingerprint density at radius 3 is 2.66 bits per heavy atom. The first kappa shape index (κ1) is 18.6. The van der Waals surface area contributed by atoms with Crippen LogP contribution in [0.1, 0.15) is 48.3 Å². The van der Waals surface area contributed by atoms with Crippen molar-refractivity contribution < 1.29 is 0 Å². The summed E-state index contributed by atoms with van der Waals surface area (Å²) in [6.07, 6.45) is 7.59. The van der Waals surface area contributed by atoms with Crippen molar-refractivity contribution >= 4 is 11.5 Å². The maximum Gasteiger partial charge on any atom is 0.138 e. The van der Waals surface area contributed by atoms with E-state index in [9.17, 15) is 0 Å². The predicted octanol–water partition coefficient (Wildman–Crippen LogP) is 3.35. The predicted molar refractivity (Wildman–Crippen MR) is 116 cm³/mol. The molecule has 0 saturated carbocycles. The highest BCUT2D eigenvalue weighted by Gasteiger charge is 2.27. The number of piperazine rings is 1. The van der Waals surface area contributed by atoms with Gasteiger partial charge >= 0.3 is 0 Å². The normalized spacial score (nSPS) is 23.6. The number of rotatable bonds is 3. The van der Waals surface area contributed by atoms with Gasteiger partial charge in [0, 0.05) is 38.6 Å². The quantitative estimate of drug-likeness (QED) is 0.743. The van der Waals surface area contributed by atoms with Crippen molar-refractivity contribution in [3.63, 3.8) is 0 Å². The first-order valence-electron chi connectivity index (χ1n) is 10.8. The Labute approximate surface area is 172 Å². The summed E-state index contributed by atoms with van der Waals surface area (Å²) in [6.45, 7) is 6.49. The number of imidazole rings is 1. The highest BCUT2D eigenvalue weighted by atomic mass is 15.3. The van der Waals surface area contributed by atoms with Gasteiger partial charge < -0.3 is 15.1 Å². The summed E-state index contributed by atoms with van der Waals surface area (Å²) < 4.78 is 2.28. The van der Waals surface area contributed by atoms with Gasteiger partial charge in [0.05, 0.1) is 23.5 Å². The van der Waals surface area contributed by atoms with E-state index in [2.05, 4.69) is 68.9 Å². The van der Waals surface area contributed by atoms with Crippen LogP contribution in [0.3, 0.4) is 0 Å². The number of hydrogen-bond donors (Lipinski definition) is 1. The van der Waals surface area contributed by atoms with Crippen molar-refractivity contribution in [3.8, 4) is 0 Å². The second kappa shape index (κ2) is 7.76. The molecular formula is C23H30N6. The number of aromatic nitrogens is 3. The van der Waals surface area contributed by atoms with Crippen LogP contribution in [0.15, 0.2) is 42.7 Å². The molecule has 0 spiro atoms. The van der Waals surface area contributed by atoms with Gasteiger partial charge in [0.15, 0.2) is 0 Å². The molecule has 0 aliphatic carbocycles. The van der Waals surface area contributed by atoms with Gasteiger partial charge in [-0.15, -0.1) is 0 Å². The van der Waals surface area contributed by atoms with E-state index in [1.165, 1.54) is 23.5 Å². The molecule has 0 amide bonds. The molecule has 3 aromatic rings. The van der Waals surface area contributed by atoms with Gasteiger partial charge in [-0.3, -0.25) is 9.38 Å². The Hall–Kier alpha value is -2.44. The van der Waals surface area contributed by atoms with Crippen LogP contribution in [0.4, 0.5) is 5.82 Å². The second-order valence-electron chi connectivity index (χ2n) is 8.48. The smallest absolute Gasteiger partial charge is 0.138 e. The molecule has 3 aromatic heterocycles. The van der Waals surface area contributed by atoms with Gasteiger partial charge in [-0.2, -0.15) is 0 Å². The molecule has 5 rings (SSSR count). The number of nitrogens with one attached hydrogen (secondary N) is 1. The number of anilines is 1. The fourth-order valence-electron chi connectivity index (χ4n) is 4.72. The van der Waals surface area contributed by atoms with Crippen molar-refractivity contribution in [2.45, 2.75) is 38.3 Å². The Kier molecular flexibility index (Phi) is 4.97. The summed E-state index contributed by atoms with van der Waals surface area (Å²) >= 11 is 0. The van der Waals surface area contributed by atoms with Gasteiger partial charge in [0.25, 0.3) is 0 Å². The molecule has 152 valence electrons. The Bertz CT molecular complexity index is 988. The first-order valence-corrected chi connectivity index (χ1v) is 10.8. The number of aryl methyl sites for hydroxylation is 1. The maximum atomic E-state index is 5.00. The molecule has 29 heavy (non-hydrogen) atoms. The monoisotopic (exact) mass is 390 g/mol. The van der Waals surface area contributed by atoms with Gasteiger partial charge in [0.2, 0.25) is 0 Å². The van der Waals surface area contributed by atoms with Crippen molar-refractivity contribution in [1.82, 2.24) is 24.6 Å². The standard InChI is InChI=1S/C23H30N6/c1-17-6-5-11-24-23(17)19-8-3-7-18(25-19)20-16-29-21(26-20)9-4-10-22(29)28-14-12-27(2)13-15-28/h4-6,9-11,16,18-19,25H,3,7-8,12-15H2,1-2H3. The Balaban J connectivity index is 1.42. The van der Waals surface area contributed by atoms with Gasteiger partial charge in [-0.1, -0.05) is 12.1 Å². The van der Waals surface area contributed by atoms with Crippen LogP contribution in [-0.2, 0) is 0 Å². The Morgan fingerprint density at radius 2 is 1.83 bits per heavy atom.